The first-order chi connectivity index (χ1) is 22.5. The van der Waals surface area contributed by atoms with Gasteiger partial charge in [0.1, 0.15) is 0 Å². The molecular weight excluding hydrogens is 631 g/mol. The first-order valence-corrected chi connectivity index (χ1v) is 20.7. The Bertz CT molecular complexity index is 1460. The van der Waals surface area contributed by atoms with E-state index in [0.29, 0.717) is 44.6 Å². The zero-order chi connectivity index (χ0) is 33.4. The van der Waals surface area contributed by atoms with Crippen LogP contribution in [0, 0.1) is 11.8 Å². The van der Waals surface area contributed by atoms with Gasteiger partial charge in [-0.2, -0.15) is 21.3 Å². The lowest BCUT2D eigenvalue weighted by Crippen LogP contribution is -2.50. The summed E-state index contributed by atoms with van der Waals surface area (Å²) in [6.45, 7) is 7.10. The predicted octanol–water partition coefficient (Wildman–Crippen LogP) is 5.48. The number of rotatable bonds is 8. The van der Waals surface area contributed by atoms with Crippen LogP contribution in [0.2, 0.25) is 0 Å². The number of hydrogen-bond acceptors (Lipinski definition) is 6. The first kappa shape index (κ1) is 36.3. The summed E-state index contributed by atoms with van der Waals surface area (Å²) in [6, 6.07) is 17.5. The number of sulfonamides is 1. The van der Waals surface area contributed by atoms with E-state index in [0.717, 1.165) is 51.0 Å². The van der Waals surface area contributed by atoms with Crippen LogP contribution in [0.5, 0.6) is 0 Å². The van der Waals surface area contributed by atoms with Gasteiger partial charge in [0.05, 0.1) is 4.90 Å². The van der Waals surface area contributed by atoms with E-state index >= 15 is 0 Å². The summed E-state index contributed by atoms with van der Waals surface area (Å²) in [6.07, 6.45) is 9.51. The molecule has 0 N–H and O–H groups in total. The molecule has 2 heterocycles. The molecule has 0 aromatic heterocycles. The molecule has 0 unspecified atom stereocenters. The maximum absolute atomic E-state index is 14.2. The molecule has 2 aliphatic heterocycles. The van der Waals surface area contributed by atoms with Crippen LogP contribution in [-0.2, 0) is 20.2 Å². The molecule has 9 nitrogen and oxygen atoms in total. The molecule has 0 spiro atoms. The fraction of sp³-hybridized carbons (Fsp3) is 0.667. The molecule has 0 amide bonds. The summed E-state index contributed by atoms with van der Waals surface area (Å²) in [5.41, 5.74) is 2.22. The van der Waals surface area contributed by atoms with Crippen LogP contribution >= 0.6 is 0 Å². The van der Waals surface area contributed by atoms with Crippen LogP contribution in [0.15, 0.2) is 59.5 Å². The molecule has 2 aromatic rings. The molecule has 0 bridgehead atoms. The average molecular weight is 688 g/mol. The molecule has 47 heavy (non-hydrogen) atoms. The van der Waals surface area contributed by atoms with Crippen molar-refractivity contribution in [1.82, 2.24) is 17.8 Å². The van der Waals surface area contributed by atoms with Crippen molar-refractivity contribution in [2.24, 2.45) is 11.8 Å². The second-order valence-electron chi connectivity index (χ2n) is 14.3. The smallest absolute Gasteiger partial charge is 0.281 e. The molecule has 1 aliphatic carbocycles. The Labute approximate surface area is 285 Å². The van der Waals surface area contributed by atoms with Gasteiger partial charge in [-0.25, -0.2) is 8.42 Å². The quantitative estimate of drug-likeness (QED) is 0.366. The number of anilines is 1. The minimum atomic E-state index is -3.76. The summed E-state index contributed by atoms with van der Waals surface area (Å²) in [5.74, 6) is 0.865. The topological polar surface area (TPSA) is 84.5 Å². The fourth-order valence-corrected chi connectivity index (χ4v) is 11.1. The minimum absolute atomic E-state index is 0.166. The van der Waals surface area contributed by atoms with Crippen LogP contribution in [0.1, 0.15) is 76.2 Å². The lowest BCUT2D eigenvalue weighted by molar-refractivity contribution is 0.178. The highest BCUT2D eigenvalue weighted by molar-refractivity contribution is 7.89. The van der Waals surface area contributed by atoms with Gasteiger partial charge in [0, 0.05) is 65.6 Å². The Morgan fingerprint density at radius 1 is 0.660 bits per heavy atom. The third-order valence-corrected chi connectivity index (χ3v) is 14.3. The van der Waals surface area contributed by atoms with E-state index in [4.69, 9.17) is 0 Å². The predicted molar refractivity (Wildman–Crippen MR) is 191 cm³/mol. The summed E-state index contributed by atoms with van der Waals surface area (Å²) >= 11 is 0. The molecule has 3 aliphatic rings. The summed E-state index contributed by atoms with van der Waals surface area (Å²) in [4.78, 5) is 4.72. The molecule has 1 saturated carbocycles. The average Bonchev–Trinajstić information content (AvgIpc) is 3.07. The summed E-state index contributed by atoms with van der Waals surface area (Å²) in [7, 11) is -3.59. The number of hydrogen-bond donors (Lipinski definition) is 0. The highest BCUT2D eigenvalue weighted by atomic mass is 32.2. The summed E-state index contributed by atoms with van der Waals surface area (Å²) in [5, 5.41) is 0. The van der Waals surface area contributed by atoms with Gasteiger partial charge >= 0.3 is 0 Å². The van der Waals surface area contributed by atoms with Crippen molar-refractivity contribution in [2.75, 3.05) is 77.9 Å². The van der Waals surface area contributed by atoms with E-state index in [-0.39, 0.29) is 17.4 Å². The van der Waals surface area contributed by atoms with Gasteiger partial charge in [-0.3, -0.25) is 0 Å². The molecule has 1 atom stereocenters. The molecule has 2 aromatic carbocycles. The van der Waals surface area contributed by atoms with Crippen LogP contribution < -0.4 is 4.90 Å². The van der Waals surface area contributed by atoms with Crippen molar-refractivity contribution in [3.05, 3.63) is 60.2 Å². The largest absolute Gasteiger partial charge is 0.378 e. The van der Waals surface area contributed by atoms with E-state index in [1.807, 2.05) is 44.1 Å². The Balaban J connectivity index is 1.34. The van der Waals surface area contributed by atoms with Gasteiger partial charge < -0.3 is 9.80 Å². The normalized spacial score (nSPS) is 23.6. The molecule has 262 valence electrons. The Morgan fingerprint density at radius 2 is 1.26 bits per heavy atom. The van der Waals surface area contributed by atoms with Crippen molar-refractivity contribution in [2.45, 2.75) is 75.5 Å². The first-order valence-electron chi connectivity index (χ1n) is 17.8. The molecule has 5 rings (SSSR count). The molecule has 11 heteroatoms. The van der Waals surface area contributed by atoms with Gasteiger partial charge in [0.25, 0.3) is 10.2 Å². The third kappa shape index (κ3) is 9.57. The van der Waals surface area contributed by atoms with Gasteiger partial charge in [-0.15, -0.1) is 0 Å². The fourth-order valence-electron chi connectivity index (χ4n) is 7.71. The maximum atomic E-state index is 14.2. The van der Waals surface area contributed by atoms with Gasteiger partial charge in [-0.05, 0) is 99.2 Å². The van der Waals surface area contributed by atoms with E-state index in [1.54, 1.807) is 25.0 Å². The minimum Gasteiger partial charge on any atom is -0.378 e. The van der Waals surface area contributed by atoms with E-state index in [9.17, 15) is 16.8 Å². The van der Waals surface area contributed by atoms with Crippen molar-refractivity contribution in [3.63, 3.8) is 0 Å². The number of nitrogens with zero attached hydrogens (tertiary/aromatic N) is 5. The molecule has 2 saturated heterocycles. The SMILES string of the molecule is C[C@@H]1CN(S(=O)(=O)c2ccc(N(C)C)cc2)CCCN(CC2CCCCC2)CCCN(S(=O)(=O)N2CCC(c3ccccc3)CC2)C1. The van der Waals surface area contributed by atoms with Crippen molar-refractivity contribution < 1.29 is 16.8 Å². The molecule has 3 fully saturated rings. The van der Waals surface area contributed by atoms with E-state index in [1.165, 1.54) is 37.7 Å². The maximum Gasteiger partial charge on any atom is 0.281 e. The van der Waals surface area contributed by atoms with E-state index < -0.39 is 20.2 Å². The lowest BCUT2D eigenvalue weighted by atomic mass is 9.89. The Kier molecular flexibility index (Phi) is 12.8. The Morgan fingerprint density at radius 3 is 1.87 bits per heavy atom. The second kappa shape index (κ2) is 16.6. The van der Waals surface area contributed by atoms with Crippen LogP contribution in [0.3, 0.4) is 0 Å². The van der Waals surface area contributed by atoms with Gasteiger partial charge in [0.2, 0.25) is 10.0 Å². The monoisotopic (exact) mass is 687 g/mol. The van der Waals surface area contributed by atoms with Crippen LogP contribution in [0.4, 0.5) is 5.69 Å². The van der Waals surface area contributed by atoms with Crippen LogP contribution in [-0.4, -0.2) is 108 Å². The van der Waals surface area contributed by atoms with Crippen molar-refractivity contribution >= 4 is 25.9 Å². The lowest BCUT2D eigenvalue weighted by Gasteiger charge is -2.37. The zero-order valence-electron chi connectivity index (χ0n) is 28.8. The second-order valence-corrected chi connectivity index (χ2v) is 18.2. The standard InChI is InChI=1S/C36H57N5O4S2/c1-31-28-40(46(42,43)36-18-16-35(17-19-36)37(2)3)24-10-22-38(30-32-12-6-4-7-13-32)23-11-25-41(29-31)47(44,45)39-26-20-34(21-27-39)33-14-8-5-9-15-33/h5,8-9,14-19,31-32,34H,4,6-7,10-13,20-30H2,1-3H3/t31-/m1/s1. The number of piperidine rings is 1. The number of benzene rings is 2. The summed E-state index contributed by atoms with van der Waals surface area (Å²) < 4.78 is 61.5. The highest BCUT2D eigenvalue weighted by Gasteiger charge is 2.35. The molecular formula is C36H57N5O4S2. The Hall–Kier alpha value is -2.02. The van der Waals surface area contributed by atoms with Gasteiger partial charge in [-0.1, -0.05) is 56.5 Å². The molecule has 0 radical (unpaired) electrons. The van der Waals surface area contributed by atoms with Gasteiger partial charge in [0.15, 0.2) is 0 Å². The zero-order valence-corrected chi connectivity index (χ0v) is 30.5. The van der Waals surface area contributed by atoms with E-state index in [2.05, 4.69) is 29.2 Å². The van der Waals surface area contributed by atoms with Crippen LogP contribution in [0.25, 0.3) is 0 Å². The van der Waals surface area contributed by atoms with Crippen molar-refractivity contribution in [3.8, 4) is 0 Å². The highest BCUT2D eigenvalue weighted by Crippen LogP contribution is 2.31. The van der Waals surface area contributed by atoms with Crippen molar-refractivity contribution in [1.29, 1.82) is 0 Å². The third-order valence-electron chi connectivity index (χ3n) is 10.4.